The first-order valence-corrected chi connectivity index (χ1v) is 6.17. The Morgan fingerprint density at radius 1 is 1.14 bits per heavy atom. The Morgan fingerprint density at radius 2 is 1.95 bits per heavy atom. The molecule has 0 aliphatic heterocycles. The van der Waals surface area contributed by atoms with E-state index >= 15 is 0 Å². The lowest BCUT2D eigenvalue weighted by molar-refractivity contribution is 0.102. The van der Waals surface area contributed by atoms with Crippen molar-refractivity contribution in [2.45, 2.75) is 0 Å². The quantitative estimate of drug-likeness (QED) is 0.633. The predicted molar refractivity (Wildman–Crippen MR) is 77.0 cm³/mol. The second-order valence-electron chi connectivity index (χ2n) is 4.59. The third-order valence-corrected chi connectivity index (χ3v) is 3.13. The number of carbonyl (C=O) groups excluding carboxylic acids is 1. The van der Waals surface area contributed by atoms with Crippen LogP contribution in [0.25, 0.3) is 10.9 Å². The van der Waals surface area contributed by atoms with Crippen LogP contribution in [0, 0.1) is 11.6 Å². The number of hydrogen-bond donors (Lipinski definition) is 3. The highest BCUT2D eigenvalue weighted by Gasteiger charge is 2.14. The van der Waals surface area contributed by atoms with Gasteiger partial charge < -0.3 is 16.0 Å². The number of anilines is 2. The van der Waals surface area contributed by atoms with Crippen LogP contribution in [0.15, 0.2) is 42.6 Å². The fraction of sp³-hybridized carbons (Fsp3) is 0. The number of fused-ring (bicyclic) bond motifs is 1. The van der Waals surface area contributed by atoms with Gasteiger partial charge in [-0.3, -0.25) is 4.79 Å². The monoisotopic (exact) mass is 287 g/mol. The maximum atomic E-state index is 13.5. The molecular formula is C15H11F2N3O. The number of nitrogen functional groups attached to an aromatic ring is 1. The van der Waals surface area contributed by atoms with Crippen LogP contribution in [0.2, 0.25) is 0 Å². The van der Waals surface area contributed by atoms with Gasteiger partial charge in [-0.1, -0.05) is 0 Å². The molecule has 4 nitrogen and oxygen atoms in total. The number of carbonyl (C=O) groups is 1. The Hall–Kier alpha value is -2.89. The van der Waals surface area contributed by atoms with Crippen molar-refractivity contribution in [1.82, 2.24) is 4.98 Å². The normalized spacial score (nSPS) is 10.8. The van der Waals surface area contributed by atoms with Crippen LogP contribution in [0.5, 0.6) is 0 Å². The molecule has 4 N–H and O–H groups in total. The lowest BCUT2D eigenvalue weighted by atomic mass is 10.1. The first-order chi connectivity index (χ1) is 10.0. The van der Waals surface area contributed by atoms with Crippen molar-refractivity contribution >= 4 is 28.2 Å². The molecule has 1 amide bonds. The topological polar surface area (TPSA) is 70.9 Å². The molecule has 0 radical (unpaired) electrons. The number of nitrogens with one attached hydrogen (secondary N) is 2. The Morgan fingerprint density at radius 3 is 2.76 bits per heavy atom. The average Bonchev–Trinajstić information content (AvgIpc) is 2.85. The first-order valence-electron chi connectivity index (χ1n) is 6.17. The molecule has 0 saturated heterocycles. The largest absolute Gasteiger partial charge is 0.399 e. The van der Waals surface area contributed by atoms with Gasteiger partial charge in [-0.25, -0.2) is 8.78 Å². The van der Waals surface area contributed by atoms with Crippen LogP contribution in [0.4, 0.5) is 20.2 Å². The van der Waals surface area contributed by atoms with E-state index in [1.54, 1.807) is 18.2 Å². The van der Waals surface area contributed by atoms with Crippen LogP contribution >= 0.6 is 0 Å². The van der Waals surface area contributed by atoms with Crippen molar-refractivity contribution in [3.05, 3.63) is 59.8 Å². The Labute approximate surface area is 118 Å². The highest BCUT2D eigenvalue weighted by molar-refractivity contribution is 6.13. The van der Waals surface area contributed by atoms with Gasteiger partial charge in [0.2, 0.25) is 0 Å². The Balaban J connectivity index is 1.97. The van der Waals surface area contributed by atoms with E-state index in [-0.39, 0.29) is 5.69 Å². The molecular weight excluding hydrogens is 276 g/mol. The molecule has 0 aliphatic rings. The number of amides is 1. The minimum Gasteiger partial charge on any atom is -0.399 e. The summed E-state index contributed by atoms with van der Waals surface area (Å²) in [6, 6.07) is 7.95. The molecule has 0 aliphatic carbocycles. The Bertz CT molecular complexity index is 842. The standard InChI is InChI=1S/C15H11F2N3O/c16-8-1-3-12(17)14(5-8)20-15(21)11-7-19-13-4-2-9(18)6-10(11)13/h1-7,19H,18H2,(H,20,21). The molecule has 2 aromatic carbocycles. The van der Waals surface area contributed by atoms with Crippen LogP contribution in [0.1, 0.15) is 10.4 Å². The van der Waals surface area contributed by atoms with E-state index in [2.05, 4.69) is 10.3 Å². The fourth-order valence-electron chi connectivity index (χ4n) is 2.11. The van der Waals surface area contributed by atoms with Crippen LogP contribution < -0.4 is 11.1 Å². The highest BCUT2D eigenvalue weighted by atomic mass is 19.1. The average molecular weight is 287 g/mol. The van der Waals surface area contributed by atoms with Crippen molar-refractivity contribution in [3.8, 4) is 0 Å². The number of nitrogens with two attached hydrogens (primary N) is 1. The van der Waals surface area contributed by atoms with E-state index in [4.69, 9.17) is 5.73 Å². The van der Waals surface area contributed by atoms with E-state index in [1.807, 2.05) is 0 Å². The lowest BCUT2D eigenvalue weighted by Gasteiger charge is -2.06. The maximum absolute atomic E-state index is 13.5. The summed E-state index contributed by atoms with van der Waals surface area (Å²) in [5.74, 6) is -1.88. The van der Waals surface area contributed by atoms with Crippen molar-refractivity contribution < 1.29 is 13.6 Å². The van der Waals surface area contributed by atoms with Gasteiger partial charge in [0.05, 0.1) is 11.3 Å². The van der Waals surface area contributed by atoms with E-state index in [0.29, 0.717) is 16.6 Å². The molecule has 0 spiro atoms. The minimum atomic E-state index is -0.705. The number of aromatic amines is 1. The number of halogens is 2. The maximum Gasteiger partial charge on any atom is 0.257 e. The summed E-state index contributed by atoms with van der Waals surface area (Å²) in [6.07, 6.45) is 1.50. The molecule has 0 unspecified atom stereocenters. The zero-order valence-electron chi connectivity index (χ0n) is 10.8. The van der Waals surface area contributed by atoms with Gasteiger partial charge in [0.1, 0.15) is 11.6 Å². The second-order valence-corrected chi connectivity index (χ2v) is 4.59. The zero-order chi connectivity index (χ0) is 15.0. The van der Waals surface area contributed by atoms with Gasteiger partial charge in [0.25, 0.3) is 5.91 Å². The molecule has 0 bridgehead atoms. The SMILES string of the molecule is Nc1ccc2[nH]cc(C(=O)Nc3cc(F)ccc3F)c2c1. The van der Waals surface area contributed by atoms with E-state index in [0.717, 1.165) is 23.7 Å². The smallest absolute Gasteiger partial charge is 0.257 e. The zero-order valence-corrected chi connectivity index (χ0v) is 10.8. The minimum absolute atomic E-state index is 0.210. The van der Waals surface area contributed by atoms with Gasteiger partial charge in [0.15, 0.2) is 0 Å². The molecule has 3 rings (SSSR count). The molecule has 0 saturated carbocycles. The summed E-state index contributed by atoms with van der Waals surface area (Å²) in [6.45, 7) is 0. The first kappa shape index (κ1) is 13.1. The number of benzene rings is 2. The Kier molecular flexibility index (Phi) is 3.06. The van der Waals surface area contributed by atoms with Gasteiger partial charge in [-0.05, 0) is 30.3 Å². The van der Waals surface area contributed by atoms with Crippen LogP contribution in [-0.2, 0) is 0 Å². The molecule has 106 valence electrons. The van der Waals surface area contributed by atoms with E-state index in [1.165, 1.54) is 6.20 Å². The second kappa shape index (κ2) is 4.90. The fourth-order valence-corrected chi connectivity index (χ4v) is 2.11. The summed E-state index contributed by atoms with van der Waals surface area (Å²) in [4.78, 5) is 15.1. The molecule has 0 atom stereocenters. The van der Waals surface area contributed by atoms with E-state index < -0.39 is 17.5 Å². The number of hydrogen-bond acceptors (Lipinski definition) is 2. The van der Waals surface area contributed by atoms with Gasteiger partial charge >= 0.3 is 0 Å². The number of H-pyrrole nitrogens is 1. The lowest BCUT2D eigenvalue weighted by Crippen LogP contribution is -2.12. The summed E-state index contributed by atoms with van der Waals surface area (Å²) in [7, 11) is 0. The summed E-state index contributed by atoms with van der Waals surface area (Å²) < 4.78 is 26.6. The van der Waals surface area contributed by atoms with Crippen molar-refractivity contribution in [1.29, 1.82) is 0 Å². The van der Waals surface area contributed by atoms with Crippen molar-refractivity contribution in [3.63, 3.8) is 0 Å². The summed E-state index contributed by atoms with van der Waals surface area (Å²) in [5, 5.41) is 2.97. The summed E-state index contributed by atoms with van der Waals surface area (Å²) in [5.41, 5.74) is 7.03. The molecule has 1 heterocycles. The van der Waals surface area contributed by atoms with Gasteiger partial charge in [-0.15, -0.1) is 0 Å². The number of aromatic nitrogens is 1. The molecule has 1 aromatic heterocycles. The summed E-state index contributed by atoms with van der Waals surface area (Å²) >= 11 is 0. The molecule has 3 aromatic rings. The molecule has 21 heavy (non-hydrogen) atoms. The van der Waals surface area contributed by atoms with Crippen molar-refractivity contribution in [2.24, 2.45) is 0 Å². The predicted octanol–water partition coefficient (Wildman–Crippen LogP) is 3.28. The van der Waals surface area contributed by atoms with Crippen LogP contribution in [-0.4, -0.2) is 10.9 Å². The van der Waals surface area contributed by atoms with Crippen molar-refractivity contribution in [2.75, 3.05) is 11.1 Å². The van der Waals surface area contributed by atoms with E-state index in [9.17, 15) is 13.6 Å². The van der Waals surface area contributed by atoms with Gasteiger partial charge in [0, 0.05) is 28.9 Å². The molecule has 0 fully saturated rings. The molecule has 6 heteroatoms. The highest BCUT2D eigenvalue weighted by Crippen LogP contribution is 2.23. The third kappa shape index (κ3) is 2.43. The van der Waals surface area contributed by atoms with Gasteiger partial charge in [-0.2, -0.15) is 0 Å². The van der Waals surface area contributed by atoms with Crippen LogP contribution in [0.3, 0.4) is 0 Å². The third-order valence-electron chi connectivity index (χ3n) is 3.13. The number of rotatable bonds is 2.